The van der Waals surface area contributed by atoms with E-state index in [2.05, 4.69) is 25.8 Å². The zero-order valence-electron chi connectivity index (χ0n) is 13.7. The van der Waals surface area contributed by atoms with E-state index in [1.54, 1.807) is 12.1 Å². The second-order valence-electron chi connectivity index (χ2n) is 6.08. The number of fused-ring (bicyclic) bond motifs is 1. The van der Waals surface area contributed by atoms with Gasteiger partial charge in [0.1, 0.15) is 9.86 Å². The van der Waals surface area contributed by atoms with Gasteiger partial charge in [-0.3, -0.25) is 4.90 Å². The van der Waals surface area contributed by atoms with E-state index in [0.29, 0.717) is 41.3 Å². The first-order valence-electron chi connectivity index (χ1n) is 8.03. The van der Waals surface area contributed by atoms with Gasteiger partial charge in [0.15, 0.2) is 0 Å². The summed E-state index contributed by atoms with van der Waals surface area (Å²) < 4.78 is 30.6. The Morgan fingerprint density at radius 1 is 1.12 bits per heavy atom. The summed E-state index contributed by atoms with van der Waals surface area (Å²) in [6.45, 7) is 3.00. The van der Waals surface area contributed by atoms with Crippen LogP contribution in [0.5, 0.6) is 0 Å². The van der Waals surface area contributed by atoms with Gasteiger partial charge in [-0.25, -0.2) is 13.4 Å². The Balaban J connectivity index is 1.41. The molecule has 0 saturated carbocycles. The smallest absolute Gasteiger partial charge is 0.252 e. The van der Waals surface area contributed by atoms with E-state index in [1.807, 2.05) is 28.9 Å². The number of nitrogens with zero attached hydrogens (tertiary/aromatic N) is 4. The summed E-state index contributed by atoms with van der Waals surface area (Å²) in [6.07, 6.45) is 3.99. The molecule has 0 atom stereocenters. The summed E-state index contributed by atoms with van der Waals surface area (Å²) in [5.74, 6) is 0. The van der Waals surface area contributed by atoms with Crippen molar-refractivity contribution in [1.29, 1.82) is 0 Å². The number of imidazole rings is 1. The predicted octanol–water partition coefficient (Wildman–Crippen LogP) is 3.32. The van der Waals surface area contributed by atoms with Crippen LogP contribution < -0.4 is 0 Å². The molecule has 4 rings (SSSR count). The van der Waals surface area contributed by atoms with E-state index < -0.39 is 10.0 Å². The molecule has 1 aliphatic rings. The first kappa shape index (κ1) is 18.4. The number of rotatable bonds is 4. The Hall–Kier alpha value is -0.970. The molecule has 1 saturated heterocycles. The Labute approximate surface area is 169 Å². The van der Waals surface area contributed by atoms with Gasteiger partial charge in [-0.15, -0.1) is 11.3 Å². The highest BCUT2D eigenvalue weighted by Gasteiger charge is 2.29. The largest absolute Gasteiger partial charge is 0.306 e. The van der Waals surface area contributed by atoms with Crippen molar-refractivity contribution in [3.8, 4) is 0 Å². The average molecular weight is 476 g/mol. The van der Waals surface area contributed by atoms with Crippen LogP contribution in [0.4, 0.5) is 0 Å². The van der Waals surface area contributed by atoms with Crippen molar-refractivity contribution in [2.24, 2.45) is 0 Å². The highest BCUT2D eigenvalue weighted by atomic mass is 79.9. The van der Waals surface area contributed by atoms with E-state index in [-0.39, 0.29) is 0 Å². The third-order valence-corrected chi connectivity index (χ3v) is 8.39. The van der Waals surface area contributed by atoms with Crippen molar-refractivity contribution in [2.45, 2.75) is 10.8 Å². The number of pyridine rings is 1. The van der Waals surface area contributed by atoms with Crippen molar-refractivity contribution in [3.63, 3.8) is 0 Å². The van der Waals surface area contributed by atoms with Crippen molar-refractivity contribution in [3.05, 3.63) is 51.2 Å². The zero-order chi connectivity index (χ0) is 18.3. The third kappa shape index (κ3) is 3.69. The molecule has 0 N–H and O–H groups in total. The molecule has 1 aliphatic heterocycles. The number of hydrogen-bond acceptors (Lipinski definition) is 5. The topological polar surface area (TPSA) is 57.9 Å². The van der Waals surface area contributed by atoms with Crippen LogP contribution in [0.15, 0.2) is 45.3 Å². The monoisotopic (exact) mass is 474 g/mol. The van der Waals surface area contributed by atoms with Crippen LogP contribution in [0.1, 0.15) is 5.69 Å². The lowest BCUT2D eigenvalue weighted by molar-refractivity contribution is 0.180. The van der Waals surface area contributed by atoms with Gasteiger partial charge in [0, 0.05) is 49.6 Å². The maximum atomic E-state index is 12.7. The molecule has 10 heteroatoms. The predicted molar refractivity (Wildman–Crippen MR) is 106 cm³/mol. The number of piperazine rings is 1. The third-order valence-electron chi connectivity index (χ3n) is 4.32. The fourth-order valence-electron chi connectivity index (χ4n) is 3.01. The summed E-state index contributed by atoms with van der Waals surface area (Å²) in [6, 6.07) is 7.12. The van der Waals surface area contributed by atoms with Gasteiger partial charge in [0.2, 0.25) is 0 Å². The second-order valence-corrected chi connectivity index (χ2v) is 10.9. The number of thiophene rings is 1. The van der Waals surface area contributed by atoms with E-state index in [0.717, 1.165) is 27.2 Å². The number of sulfonamides is 1. The van der Waals surface area contributed by atoms with Crippen LogP contribution in [-0.2, 0) is 16.6 Å². The molecule has 0 bridgehead atoms. The van der Waals surface area contributed by atoms with E-state index >= 15 is 0 Å². The summed E-state index contributed by atoms with van der Waals surface area (Å²) in [4.78, 5) is 6.85. The second kappa shape index (κ2) is 7.21. The Kier molecular flexibility index (Phi) is 5.10. The van der Waals surface area contributed by atoms with Crippen LogP contribution in [0.25, 0.3) is 5.65 Å². The van der Waals surface area contributed by atoms with Gasteiger partial charge in [-0.1, -0.05) is 11.6 Å². The number of halogens is 2. The van der Waals surface area contributed by atoms with Crippen LogP contribution in [-0.4, -0.2) is 53.2 Å². The lowest BCUT2D eigenvalue weighted by Crippen LogP contribution is -2.48. The van der Waals surface area contributed by atoms with E-state index in [4.69, 9.17) is 11.6 Å². The number of aromatic nitrogens is 2. The van der Waals surface area contributed by atoms with Gasteiger partial charge < -0.3 is 4.40 Å². The summed E-state index contributed by atoms with van der Waals surface area (Å²) in [5.41, 5.74) is 1.88. The quantitative estimate of drug-likeness (QED) is 0.581. The molecule has 0 spiro atoms. The fraction of sp³-hybridized carbons (Fsp3) is 0.312. The molecule has 26 heavy (non-hydrogen) atoms. The molecule has 0 amide bonds. The summed E-state index contributed by atoms with van der Waals surface area (Å²) in [7, 11) is -3.45. The van der Waals surface area contributed by atoms with E-state index in [9.17, 15) is 8.42 Å². The van der Waals surface area contributed by atoms with Crippen molar-refractivity contribution in [2.75, 3.05) is 26.2 Å². The van der Waals surface area contributed by atoms with Crippen LogP contribution >= 0.6 is 38.9 Å². The zero-order valence-corrected chi connectivity index (χ0v) is 17.7. The lowest BCUT2D eigenvalue weighted by atomic mass is 10.3. The summed E-state index contributed by atoms with van der Waals surface area (Å²) >= 11 is 10.4. The standard InChI is InChI=1S/C16H16BrClN4O2S2/c17-12-1-3-15-19-13(11-21(15)9-12)10-20-5-7-22(8-6-20)26(23,24)16-4-2-14(18)25-16/h1-4,9,11H,5-8,10H2. The molecule has 0 aliphatic carbocycles. The molecule has 0 unspecified atom stereocenters. The van der Waals surface area contributed by atoms with Crippen molar-refractivity contribution >= 4 is 54.5 Å². The van der Waals surface area contributed by atoms with Gasteiger partial charge in [0.25, 0.3) is 10.0 Å². The minimum atomic E-state index is -3.45. The molecular formula is C16H16BrClN4O2S2. The normalized spacial score (nSPS) is 17.2. The first-order valence-corrected chi connectivity index (χ1v) is 11.5. The molecule has 0 radical (unpaired) electrons. The van der Waals surface area contributed by atoms with Gasteiger partial charge in [-0.05, 0) is 40.2 Å². The van der Waals surface area contributed by atoms with E-state index in [1.165, 1.54) is 4.31 Å². The molecule has 3 aromatic rings. The molecule has 3 aromatic heterocycles. The molecular weight excluding hydrogens is 460 g/mol. The first-order chi connectivity index (χ1) is 12.4. The highest BCUT2D eigenvalue weighted by Crippen LogP contribution is 2.28. The molecule has 138 valence electrons. The van der Waals surface area contributed by atoms with Gasteiger partial charge in [0.05, 0.1) is 10.0 Å². The molecule has 4 heterocycles. The van der Waals surface area contributed by atoms with Crippen LogP contribution in [0, 0.1) is 0 Å². The fourth-order valence-corrected chi connectivity index (χ4v) is 6.43. The molecule has 1 fully saturated rings. The number of hydrogen-bond donors (Lipinski definition) is 0. The van der Waals surface area contributed by atoms with Gasteiger partial charge >= 0.3 is 0 Å². The summed E-state index contributed by atoms with van der Waals surface area (Å²) in [5, 5.41) is 0. The Bertz CT molecular complexity index is 1040. The Morgan fingerprint density at radius 3 is 2.58 bits per heavy atom. The minimum Gasteiger partial charge on any atom is -0.306 e. The van der Waals surface area contributed by atoms with Crippen LogP contribution in [0.2, 0.25) is 4.34 Å². The van der Waals surface area contributed by atoms with Crippen molar-refractivity contribution in [1.82, 2.24) is 18.6 Å². The minimum absolute atomic E-state index is 0.307. The van der Waals surface area contributed by atoms with Gasteiger partial charge in [-0.2, -0.15) is 4.31 Å². The molecule has 0 aromatic carbocycles. The SMILES string of the molecule is O=S(=O)(c1ccc(Cl)s1)N1CCN(Cc2cn3cc(Br)ccc3n2)CC1. The Morgan fingerprint density at radius 2 is 1.88 bits per heavy atom. The molecule has 6 nitrogen and oxygen atoms in total. The maximum Gasteiger partial charge on any atom is 0.252 e. The average Bonchev–Trinajstić information content (AvgIpc) is 3.21. The van der Waals surface area contributed by atoms with Crippen LogP contribution in [0.3, 0.4) is 0 Å². The van der Waals surface area contributed by atoms with Crippen molar-refractivity contribution < 1.29 is 8.42 Å². The lowest BCUT2D eigenvalue weighted by Gasteiger charge is -2.33. The highest BCUT2D eigenvalue weighted by molar-refractivity contribution is 9.10. The maximum absolute atomic E-state index is 12.7.